The summed E-state index contributed by atoms with van der Waals surface area (Å²) >= 11 is 18.6. The molecule has 0 saturated heterocycles. The highest BCUT2D eigenvalue weighted by Gasteiger charge is 2.38. The summed E-state index contributed by atoms with van der Waals surface area (Å²) in [6.07, 6.45) is 9.94. The van der Waals surface area contributed by atoms with Crippen LogP contribution in [0.1, 0.15) is 212 Å². The van der Waals surface area contributed by atoms with Crippen LogP contribution >= 0.6 is 75.3 Å². The van der Waals surface area contributed by atoms with E-state index in [-0.39, 0.29) is 40.5 Å². The van der Waals surface area contributed by atoms with Crippen LogP contribution in [0.15, 0.2) is 72.8 Å². The van der Waals surface area contributed by atoms with Crippen LogP contribution in [-0.2, 0) is 51.2 Å². The fourth-order valence-electron chi connectivity index (χ4n) is 14.6. The van der Waals surface area contributed by atoms with E-state index in [1.807, 2.05) is 170 Å². The molecule has 0 amide bonds. The number of benzene rings is 3. The quantitative estimate of drug-likeness (QED) is 0.0875. The predicted octanol–water partition coefficient (Wildman–Crippen LogP) is 21.9. The van der Waals surface area contributed by atoms with E-state index in [1.165, 1.54) is 95.4 Å². The van der Waals surface area contributed by atoms with Crippen molar-refractivity contribution in [3.63, 3.8) is 0 Å². The lowest BCUT2D eigenvalue weighted by atomic mass is 9.89. The highest BCUT2D eigenvalue weighted by molar-refractivity contribution is 7.59. The Morgan fingerprint density at radius 2 is 0.767 bits per heavy atom. The highest BCUT2D eigenvalue weighted by atomic mass is 35.5. The van der Waals surface area contributed by atoms with Gasteiger partial charge in [0.2, 0.25) is 0 Å². The van der Waals surface area contributed by atoms with E-state index >= 15 is 0 Å². The summed E-state index contributed by atoms with van der Waals surface area (Å²) in [6.45, 7) is 37.6. The van der Waals surface area contributed by atoms with Crippen molar-refractivity contribution < 1.29 is 43.2 Å². The maximum absolute atomic E-state index is 13.1. The van der Waals surface area contributed by atoms with E-state index in [4.69, 9.17) is 73.4 Å². The van der Waals surface area contributed by atoms with Crippen molar-refractivity contribution in [2.75, 3.05) is 14.2 Å². The Labute approximate surface area is 645 Å². The maximum Gasteiger partial charge on any atom is 0.339 e. The molecule has 2 aliphatic carbocycles. The van der Waals surface area contributed by atoms with Gasteiger partial charge >= 0.3 is 17.9 Å². The summed E-state index contributed by atoms with van der Waals surface area (Å²) in [7, 11) is 2.77. The molecule has 3 aromatic carbocycles. The van der Waals surface area contributed by atoms with Crippen LogP contribution in [-0.4, -0.2) is 83.1 Å². The number of aryl methyl sites for hydroxylation is 7. The minimum Gasteiger partial charge on any atom is -0.479 e. The lowest BCUT2D eigenvalue weighted by Gasteiger charge is -2.29. The molecular formula is C82H109Cl3N6O9S3. The van der Waals surface area contributed by atoms with Gasteiger partial charge in [0, 0.05) is 112 Å². The van der Waals surface area contributed by atoms with Crippen molar-refractivity contribution >= 4 is 126 Å². The zero-order valence-electron chi connectivity index (χ0n) is 63.9. The second-order valence-corrected chi connectivity index (χ2v) is 31.6. The summed E-state index contributed by atoms with van der Waals surface area (Å²) < 4.78 is 33.7. The zero-order chi connectivity index (χ0) is 73.2. The summed E-state index contributed by atoms with van der Waals surface area (Å²) in [5, 5.41) is 15.3. The van der Waals surface area contributed by atoms with E-state index in [2.05, 4.69) is 41.8 Å². The number of carbonyl (C=O) groups excluding carboxylic acids is 2. The first-order valence-electron chi connectivity index (χ1n) is 35.2. The van der Waals surface area contributed by atoms with Crippen molar-refractivity contribution in [2.45, 2.75) is 237 Å². The molecule has 2 saturated carbocycles. The molecule has 0 radical (unpaired) electrons. The summed E-state index contributed by atoms with van der Waals surface area (Å²) in [5.74, 6) is -0.588. The molecule has 21 heteroatoms. The van der Waals surface area contributed by atoms with E-state index in [9.17, 15) is 19.5 Å². The average molecular weight is 1530 g/mol. The Morgan fingerprint density at radius 3 is 1.08 bits per heavy atom. The van der Waals surface area contributed by atoms with E-state index in [0.717, 1.165) is 108 Å². The van der Waals surface area contributed by atoms with Crippen molar-refractivity contribution in [1.82, 2.24) is 29.1 Å². The highest BCUT2D eigenvalue weighted by Crippen LogP contribution is 2.47. The van der Waals surface area contributed by atoms with Gasteiger partial charge in [-0.05, 0) is 232 Å². The second-order valence-electron chi connectivity index (χ2n) is 30.3. The van der Waals surface area contributed by atoms with Crippen LogP contribution in [0.5, 0.6) is 0 Å². The number of nitrogens with zero attached hydrogens (tertiary/aromatic N) is 5. The van der Waals surface area contributed by atoms with Gasteiger partial charge in [0.05, 0.1) is 31.0 Å². The number of nitrogens with one attached hydrogen (secondary N) is 1. The third-order valence-corrected chi connectivity index (χ3v) is 20.4. The fraction of sp³-hybridized carbons (Fsp3) is 0.488. The Hall–Kier alpha value is -6.06. The smallest absolute Gasteiger partial charge is 0.339 e. The van der Waals surface area contributed by atoms with Gasteiger partial charge < -0.3 is 42.9 Å². The Morgan fingerprint density at radius 1 is 0.466 bits per heavy atom. The number of halogens is 3. The van der Waals surface area contributed by atoms with Crippen LogP contribution in [0.3, 0.4) is 0 Å². The molecule has 3 atom stereocenters. The van der Waals surface area contributed by atoms with Gasteiger partial charge in [-0.3, -0.25) is 0 Å². The average Bonchev–Trinajstić information content (AvgIpc) is 1.65. The number of aromatic nitrogens is 6. The maximum atomic E-state index is 13.1. The Bertz CT molecular complexity index is 4460. The lowest BCUT2D eigenvalue weighted by Crippen LogP contribution is -2.29. The van der Waals surface area contributed by atoms with Crippen LogP contribution in [0.2, 0.25) is 15.1 Å². The lowest BCUT2D eigenvalue weighted by molar-refractivity contribution is -0.164. The molecule has 2 aliphatic rings. The zero-order valence-corrected chi connectivity index (χ0v) is 69.2. The number of aromatic amines is 1. The van der Waals surface area contributed by atoms with Gasteiger partial charge in [0.25, 0.3) is 0 Å². The number of methoxy groups -OCH3 is 2. The number of carbonyl (C=O) groups is 3. The molecule has 560 valence electrons. The molecule has 2 N–H and O–H groups in total. The SMILES string of the molecule is COC(=O)[C@@H](OC(C)(C)C)c1c(C)nc2[nH]c(C)c(C)c2c1-c1ccc(Cl)cc1.COC(=O)[C@@H](OC(C)(C)C)c1c(C)nc2c(c(C)c(C)n2CC2CCCCC2)c1-c1ccc(Cl)cc1.Cc1nc2c(c(C)c(C)n2CC2CCCCC2)c(-c2ccc(Cl)cc2)c1[C@H](OC(C)(C)C)C(=O)O.S.S.S. The number of pyridine rings is 3. The molecule has 9 aromatic rings. The number of aliphatic carboxylic acids is 1. The molecule has 15 nitrogen and oxygen atoms in total. The van der Waals surface area contributed by atoms with Crippen molar-refractivity contribution in [3.05, 3.63) is 155 Å². The third kappa shape index (κ3) is 19.8. The monoisotopic (exact) mass is 1520 g/mol. The topological polar surface area (TPSA) is 182 Å². The fourth-order valence-corrected chi connectivity index (χ4v) is 15.0. The number of fused-ring (bicyclic) bond motifs is 3. The number of hydrogen-bond acceptors (Lipinski definition) is 11. The number of carboxylic acids is 1. The number of hydrogen-bond donors (Lipinski definition) is 2. The summed E-state index contributed by atoms with van der Waals surface area (Å²) in [4.78, 5) is 56.8. The van der Waals surface area contributed by atoms with Crippen LogP contribution in [0.25, 0.3) is 66.5 Å². The van der Waals surface area contributed by atoms with E-state index in [0.29, 0.717) is 49.4 Å². The van der Waals surface area contributed by atoms with E-state index in [1.54, 1.807) is 0 Å². The van der Waals surface area contributed by atoms with Gasteiger partial charge in [0.1, 0.15) is 16.9 Å². The van der Waals surface area contributed by atoms with Crippen molar-refractivity contribution in [1.29, 1.82) is 0 Å². The third-order valence-electron chi connectivity index (χ3n) is 19.6. The number of ether oxygens (including phenoxy) is 5. The molecular weight excluding hydrogens is 1420 g/mol. The Kier molecular flexibility index (Phi) is 29.6. The van der Waals surface area contributed by atoms with Crippen molar-refractivity contribution in [3.8, 4) is 33.4 Å². The van der Waals surface area contributed by atoms with E-state index < -0.39 is 53.0 Å². The predicted molar refractivity (Wildman–Crippen MR) is 436 cm³/mol. The van der Waals surface area contributed by atoms with Crippen molar-refractivity contribution in [2.24, 2.45) is 11.8 Å². The Balaban J connectivity index is 0.000000241. The van der Waals surface area contributed by atoms with Gasteiger partial charge in [0.15, 0.2) is 18.3 Å². The molecule has 0 bridgehead atoms. The first kappa shape index (κ1) is 85.9. The van der Waals surface area contributed by atoms with Crippen LogP contribution < -0.4 is 0 Å². The van der Waals surface area contributed by atoms with Gasteiger partial charge in [-0.1, -0.05) is 110 Å². The molecule has 0 aliphatic heterocycles. The van der Waals surface area contributed by atoms with Gasteiger partial charge in [-0.25, -0.2) is 29.3 Å². The summed E-state index contributed by atoms with van der Waals surface area (Å²) in [5.41, 5.74) is 17.6. The van der Waals surface area contributed by atoms with Gasteiger partial charge in [-0.15, -0.1) is 0 Å². The molecule has 11 rings (SSSR count). The number of rotatable bonds is 16. The minimum absolute atomic E-state index is 0. The minimum atomic E-state index is -1.14. The first-order valence-corrected chi connectivity index (χ1v) is 36.3. The number of H-pyrrole nitrogens is 1. The molecule has 2 fully saturated rings. The van der Waals surface area contributed by atoms with Crippen LogP contribution in [0, 0.1) is 74.1 Å². The molecule has 6 heterocycles. The number of esters is 2. The first-order chi connectivity index (χ1) is 47.0. The standard InChI is InChI=1S/C30H39ClN2O3.C29H37ClN2O3.C23H27ClN2O3.3H2S/c1-18-20(3)33(17-21-11-9-8-10-12-21)28-24(18)26(22-13-15-23(31)16-14-22)25(19(2)32-28)27(29(34)35-7)36-30(4,5)6;1-17-19(3)32(16-20-10-8-7-9-11-20)27-23(17)25(21-12-14-22(30)15-13-21)24(18(2)31-27)26(28(33)34)35-29(4,5)6;1-12-13(2)25-21-17(12)19(15-8-10-16(24)11-9-15)18(14(3)26-21)20(22(27)28-7)29-23(4,5)6;;;/h13-16,21,27H,8-12,17H2,1-7H3;12-15,20,26H,7-11,16H2,1-6H3,(H,33,34);8-11,20H,1-7H3,(H,25,26);3*1H2/t27-;26-;20-;;;/m000.../s1. The molecule has 6 aromatic heterocycles. The number of carboxylic acid groups (broad SMARTS) is 1. The normalized spacial score (nSPS) is 14.7. The molecule has 0 unspecified atom stereocenters. The molecule has 0 spiro atoms. The molecule has 103 heavy (non-hydrogen) atoms. The largest absolute Gasteiger partial charge is 0.479 e. The van der Waals surface area contributed by atoms with Crippen LogP contribution in [0.4, 0.5) is 0 Å². The second kappa shape index (κ2) is 35.6. The van der Waals surface area contributed by atoms with Gasteiger partial charge in [-0.2, -0.15) is 40.5 Å². The summed E-state index contributed by atoms with van der Waals surface area (Å²) in [6, 6.07) is 23.0.